The van der Waals surface area contributed by atoms with Gasteiger partial charge in [-0.15, -0.1) is 0 Å². The first-order valence-corrected chi connectivity index (χ1v) is 5.96. The molecule has 86 valence electrons. The largest absolute Gasteiger partial charge is 0.492 e. The van der Waals surface area contributed by atoms with Gasteiger partial charge in [0, 0.05) is 5.33 Å². The lowest BCUT2D eigenvalue weighted by Gasteiger charge is -2.23. The predicted octanol–water partition coefficient (Wildman–Crippen LogP) is 1.43. The highest BCUT2D eigenvalue weighted by atomic mass is 79.9. The van der Waals surface area contributed by atoms with Crippen LogP contribution in [0.2, 0.25) is 0 Å². The molecule has 0 saturated heterocycles. The Morgan fingerprint density at radius 2 is 2.06 bits per heavy atom. The third-order valence-corrected chi connectivity index (χ3v) is 3.44. The standard InChI is InChI=1S/C10H10BBrF2O2/c12-4-7-1-2-8-9(3-7)11(15)16-10(8,5-13)6-14/h1-3,15H,4-6H2. The van der Waals surface area contributed by atoms with Gasteiger partial charge < -0.3 is 9.68 Å². The summed E-state index contributed by atoms with van der Waals surface area (Å²) in [5, 5.41) is 10.2. The van der Waals surface area contributed by atoms with Gasteiger partial charge in [-0.2, -0.15) is 0 Å². The van der Waals surface area contributed by atoms with Gasteiger partial charge in [-0.25, -0.2) is 8.78 Å². The molecule has 1 heterocycles. The SMILES string of the molecule is OB1OC(CF)(CF)c2ccc(CBr)cc21. The van der Waals surface area contributed by atoms with E-state index in [0.29, 0.717) is 16.4 Å². The minimum atomic E-state index is -1.63. The van der Waals surface area contributed by atoms with E-state index in [1.165, 1.54) is 0 Å². The summed E-state index contributed by atoms with van der Waals surface area (Å²) in [4.78, 5) is 0. The fourth-order valence-corrected chi connectivity index (χ4v) is 2.25. The molecule has 1 aromatic rings. The summed E-state index contributed by atoms with van der Waals surface area (Å²) in [6, 6.07) is 5.07. The van der Waals surface area contributed by atoms with E-state index in [1.54, 1.807) is 18.2 Å². The molecule has 2 rings (SSSR count). The van der Waals surface area contributed by atoms with Crippen molar-refractivity contribution in [2.24, 2.45) is 0 Å². The van der Waals surface area contributed by atoms with Crippen LogP contribution in [0.5, 0.6) is 0 Å². The van der Waals surface area contributed by atoms with Crippen molar-refractivity contribution in [3.05, 3.63) is 29.3 Å². The first-order valence-electron chi connectivity index (χ1n) is 4.84. The van der Waals surface area contributed by atoms with Crippen LogP contribution in [0.3, 0.4) is 0 Å². The second-order valence-electron chi connectivity index (χ2n) is 3.79. The highest BCUT2D eigenvalue weighted by Crippen LogP contribution is 2.32. The molecular formula is C10H10BBrF2O2. The Morgan fingerprint density at radius 1 is 1.38 bits per heavy atom. The second-order valence-corrected chi connectivity index (χ2v) is 4.35. The molecule has 0 aromatic heterocycles. The quantitative estimate of drug-likeness (QED) is 0.674. The fraction of sp³-hybridized carbons (Fsp3) is 0.400. The Hall–Kier alpha value is -0.455. The molecule has 0 saturated carbocycles. The van der Waals surface area contributed by atoms with Crippen molar-refractivity contribution in [3.63, 3.8) is 0 Å². The van der Waals surface area contributed by atoms with Crippen LogP contribution in [-0.4, -0.2) is 25.5 Å². The Morgan fingerprint density at radius 3 is 2.62 bits per heavy atom. The highest BCUT2D eigenvalue weighted by Gasteiger charge is 2.47. The maximum absolute atomic E-state index is 12.9. The van der Waals surface area contributed by atoms with Gasteiger partial charge in [0.25, 0.3) is 0 Å². The van der Waals surface area contributed by atoms with Crippen LogP contribution in [-0.2, 0) is 15.6 Å². The third-order valence-electron chi connectivity index (χ3n) is 2.80. The third kappa shape index (κ3) is 1.69. The zero-order valence-electron chi connectivity index (χ0n) is 8.42. The lowest BCUT2D eigenvalue weighted by molar-refractivity contribution is 0.0106. The maximum Gasteiger partial charge on any atom is 0.492 e. The van der Waals surface area contributed by atoms with E-state index < -0.39 is 26.1 Å². The molecule has 0 amide bonds. The summed E-state index contributed by atoms with van der Waals surface area (Å²) in [5.74, 6) is 0. The smallest absolute Gasteiger partial charge is 0.423 e. The van der Waals surface area contributed by atoms with Crippen LogP contribution in [0.4, 0.5) is 8.78 Å². The van der Waals surface area contributed by atoms with E-state index in [1.807, 2.05) is 0 Å². The van der Waals surface area contributed by atoms with Gasteiger partial charge >= 0.3 is 7.12 Å². The Bertz CT molecular complexity index is 398. The van der Waals surface area contributed by atoms with Gasteiger partial charge in [0.15, 0.2) is 0 Å². The Kier molecular flexibility index (Phi) is 3.33. The molecule has 16 heavy (non-hydrogen) atoms. The first kappa shape index (κ1) is 12.0. The van der Waals surface area contributed by atoms with Gasteiger partial charge in [0.1, 0.15) is 19.0 Å². The molecule has 1 N–H and O–H groups in total. The van der Waals surface area contributed by atoms with Gasteiger partial charge in [0.2, 0.25) is 0 Å². The molecule has 1 aliphatic heterocycles. The van der Waals surface area contributed by atoms with E-state index in [0.717, 1.165) is 5.56 Å². The van der Waals surface area contributed by atoms with Crippen molar-refractivity contribution >= 4 is 28.5 Å². The van der Waals surface area contributed by atoms with Crippen molar-refractivity contribution in [1.82, 2.24) is 0 Å². The maximum atomic E-state index is 12.9. The predicted molar refractivity (Wildman–Crippen MR) is 61.4 cm³/mol. The zero-order valence-corrected chi connectivity index (χ0v) is 10.0. The van der Waals surface area contributed by atoms with Crippen molar-refractivity contribution in [2.45, 2.75) is 10.9 Å². The number of halogens is 3. The molecule has 1 aromatic carbocycles. The summed E-state index contributed by atoms with van der Waals surface area (Å²) in [6.07, 6.45) is 0. The topological polar surface area (TPSA) is 29.5 Å². The molecule has 2 nitrogen and oxygen atoms in total. The molecule has 0 fully saturated rings. The number of benzene rings is 1. The van der Waals surface area contributed by atoms with Gasteiger partial charge in [0.05, 0.1) is 0 Å². The Labute approximate surface area is 101 Å². The van der Waals surface area contributed by atoms with Crippen molar-refractivity contribution < 1.29 is 18.5 Å². The monoisotopic (exact) mass is 290 g/mol. The number of hydrogen-bond donors (Lipinski definition) is 1. The number of fused-ring (bicyclic) bond motifs is 1. The molecule has 0 atom stereocenters. The van der Waals surface area contributed by atoms with Crippen LogP contribution < -0.4 is 5.46 Å². The molecule has 0 bridgehead atoms. The van der Waals surface area contributed by atoms with Crippen molar-refractivity contribution in [1.29, 1.82) is 0 Å². The number of rotatable bonds is 3. The van der Waals surface area contributed by atoms with Crippen molar-refractivity contribution in [2.75, 3.05) is 13.3 Å². The van der Waals surface area contributed by atoms with Crippen LogP contribution in [0.15, 0.2) is 18.2 Å². The average molecular weight is 291 g/mol. The molecule has 6 heteroatoms. The summed E-state index contributed by atoms with van der Waals surface area (Å²) < 4.78 is 30.8. The van der Waals surface area contributed by atoms with Crippen LogP contribution in [0.25, 0.3) is 0 Å². The first-order chi connectivity index (χ1) is 7.66. The van der Waals surface area contributed by atoms with Gasteiger partial charge in [-0.1, -0.05) is 34.1 Å². The van der Waals surface area contributed by atoms with E-state index in [-0.39, 0.29) is 0 Å². The molecule has 1 aliphatic rings. The summed E-state index contributed by atoms with van der Waals surface area (Å²) in [5.41, 5.74) is 0.149. The van der Waals surface area contributed by atoms with Crippen molar-refractivity contribution in [3.8, 4) is 0 Å². The van der Waals surface area contributed by atoms with Gasteiger partial charge in [-0.05, 0) is 16.6 Å². The highest BCUT2D eigenvalue weighted by molar-refractivity contribution is 9.08. The summed E-state index contributed by atoms with van der Waals surface area (Å²) in [6.45, 7) is -1.97. The lowest BCUT2D eigenvalue weighted by atomic mass is 9.77. The molecule has 0 radical (unpaired) electrons. The minimum absolute atomic E-state index is 0.398. The lowest BCUT2D eigenvalue weighted by Crippen LogP contribution is -2.33. The van der Waals surface area contributed by atoms with Crippen LogP contribution >= 0.6 is 15.9 Å². The van der Waals surface area contributed by atoms with E-state index in [4.69, 9.17) is 4.65 Å². The molecule has 0 spiro atoms. The molecular weight excluding hydrogens is 281 g/mol. The van der Waals surface area contributed by atoms with E-state index in [2.05, 4.69) is 15.9 Å². The minimum Gasteiger partial charge on any atom is -0.423 e. The summed E-state index contributed by atoms with van der Waals surface area (Å²) in [7, 11) is -1.25. The second kappa shape index (κ2) is 4.43. The van der Waals surface area contributed by atoms with Crippen LogP contribution in [0, 0.1) is 0 Å². The average Bonchev–Trinajstić information content (AvgIpc) is 2.62. The fourth-order valence-electron chi connectivity index (χ4n) is 1.90. The van der Waals surface area contributed by atoms with E-state index >= 15 is 0 Å². The summed E-state index contributed by atoms with van der Waals surface area (Å²) >= 11 is 3.28. The van der Waals surface area contributed by atoms with Gasteiger partial charge in [-0.3, -0.25) is 0 Å². The molecule has 0 aliphatic carbocycles. The zero-order chi connectivity index (χ0) is 11.8. The molecule has 0 unspecified atom stereocenters. The number of hydrogen-bond acceptors (Lipinski definition) is 2. The number of alkyl halides is 3. The normalized spacial score (nSPS) is 17.6. The van der Waals surface area contributed by atoms with Crippen LogP contribution in [0.1, 0.15) is 11.1 Å². The van der Waals surface area contributed by atoms with E-state index in [9.17, 15) is 13.8 Å². The Balaban J connectivity index is 2.50.